The van der Waals surface area contributed by atoms with Gasteiger partial charge in [0.05, 0.1) is 6.04 Å². The predicted molar refractivity (Wildman–Crippen MR) is 117 cm³/mol. The summed E-state index contributed by atoms with van der Waals surface area (Å²) in [6.45, 7) is 0. The second kappa shape index (κ2) is 8.48. The van der Waals surface area contributed by atoms with E-state index in [1.54, 1.807) is 84.9 Å². The molecule has 4 aromatic carbocycles. The average Bonchev–Trinajstić information content (AvgIpc) is 2.82. The van der Waals surface area contributed by atoms with Gasteiger partial charge in [-0.05, 0) is 27.5 Å². The van der Waals surface area contributed by atoms with Crippen molar-refractivity contribution >= 4 is 16.7 Å². The van der Waals surface area contributed by atoms with Gasteiger partial charge in [0.1, 0.15) is 5.60 Å². The molecule has 0 spiro atoms. The van der Waals surface area contributed by atoms with Crippen molar-refractivity contribution in [2.75, 3.05) is 0 Å². The average molecular weight is 435 g/mol. The maximum absolute atomic E-state index is 13.3. The topological polar surface area (TPSA) is 49.3 Å². The summed E-state index contributed by atoms with van der Waals surface area (Å²) in [4.78, 5) is 12.1. The molecule has 0 heterocycles. The molecule has 0 saturated carbocycles. The highest BCUT2D eigenvalue weighted by Crippen LogP contribution is 2.43. The fourth-order valence-electron chi connectivity index (χ4n) is 4.01. The minimum Gasteiger partial charge on any atom is -0.378 e. The van der Waals surface area contributed by atoms with E-state index in [1.807, 2.05) is 18.2 Å². The van der Waals surface area contributed by atoms with Gasteiger partial charge in [-0.3, -0.25) is 4.79 Å². The second-order valence-corrected chi connectivity index (χ2v) is 7.47. The fraction of sp³-hybridized carbons (Fsp3) is 0.115. The highest BCUT2D eigenvalue weighted by atomic mass is 19.4. The number of aliphatic hydroxyl groups is 1. The normalized spacial score (nSPS) is 13.0. The molecule has 4 aromatic rings. The summed E-state index contributed by atoms with van der Waals surface area (Å²) < 4.78 is 40.0. The van der Waals surface area contributed by atoms with E-state index in [4.69, 9.17) is 0 Å². The Labute approximate surface area is 183 Å². The van der Waals surface area contributed by atoms with Crippen molar-refractivity contribution in [3.8, 4) is 0 Å². The molecular weight excluding hydrogens is 415 g/mol. The Balaban J connectivity index is 2.01. The lowest BCUT2D eigenvalue weighted by Crippen LogP contribution is -2.48. The van der Waals surface area contributed by atoms with E-state index >= 15 is 0 Å². The summed E-state index contributed by atoms with van der Waals surface area (Å²) in [5.41, 5.74) is -0.901. The summed E-state index contributed by atoms with van der Waals surface area (Å²) in [6, 6.07) is 27.7. The van der Waals surface area contributed by atoms with Gasteiger partial charge in [0, 0.05) is 0 Å². The van der Waals surface area contributed by atoms with Crippen molar-refractivity contribution in [1.82, 2.24) is 5.32 Å². The van der Waals surface area contributed by atoms with Crippen LogP contribution in [0.2, 0.25) is 0 Å². The van der Waals surface area contributed by atoms with E-state index in [9.17, 15) is 23.1 Å². The third kappa shape index (κ3) is 3.97. The number of fused-ring (bicyclic) bond motifs is 1. The summed E-state index contributed by atoms with van der Waals surface area (Å²) in [5.74, 6) is -2.12. The highest BCUT2D eigenvalue weighted by Gasteiger charge is 2.47. The molecule has 1 amide bonds. The van der Waals surface area contributed by atoms with Crippen LogP contribution in [0.5, 0.6) is 0 Å². The number of halogens is 3. The van der Waals surface area contributed by atoms with E-state index in [0.717, 1.165) is 5.39 Å². The Morgan fingerprint density at radius 2 is 1.22 bits per heavy atom. The number of carbonyl (C=O) groups is 1. The van der Waals surface area contributed by atoms with Crippen LogP contribution in [0.15, 0.2) is 103 Å². The Bertz CT molecular complexity index is 1180. The number of rotatable bonds is 5. The van der Waals surface area contributed by atoms with E-state index in [1.165, 1.54) is 0 Å². The van der Waals surface area contributed by atoms with Gasteiger partial charge in [0.25, 0.3) is 0 Å². The van der Waals surface area contributed by atoms with Crippen molar-refractivity contribution in [2.45, 2.75) is 17.8 Å². The Morgan fingerprint density at radius 3 is 1.78 bits per heavy atom. The summed E-state index contributed by atoms with van der Waals surface area (Å²) >= 11 is 0. The number of amides is 1. The number of alkyl halides is 3. The molecule has 1 atom stereocenters. The van der Waals surface area contributed by atoms with Crippen molar-refractivity contribution < 1.29 is 23.1 Å². The Morgan fingerprint density at radius 1 is 0.719 bits per heavy atom. The molecule has 0 radical (unpaired) electrons. The first-order valence-electron chi connectivity index (χ1n) is 10.0. The summed E-state index contributed by atoms with van der Waals surface area (Å²) in [5, 5.41) is 15.7. The number of hydrogen-bond donors (Lipinski definition) is 2. The molecule has 32 heavy (non-hydrogen) atoms. The summed E-state index contributed by atoms with van der Waals surface area (Å²) in [7, 11) is 0. The van der Waals surface area contributed by atoms with Gasteiger partial charge < -0.3 is 10.4 Å². The zero-order chi connectivity index (χ0) is 22.8. The number of hydrogen-bond acceptors (Lipinski definition) is 2. The van der Waals surface area contributed by atoms with E-state index in [-0.39, 0.29) is 0 Å². The molecule has 6 heteroatoms. The number of carbonyl (C=O) groups excluding carboxylic acids is 1. The lowest BCUT2D eigenvalue weighted by Gasteiger charge is -2.38. The van der Waals surface area contributed by atoms with Gasteiger partial charge in [0.15, 0.2) is 0 Å². The monoisotopic (exact) mass is 435 g/mol. The summed E-state index contributed by atoms with van der Waals surface area (Å²) in [6.07, 6.45) is -5.11. The molecule has 1 unspecified atom stereocenters. The van der Waals surface area contributed by atoms with Crippen LogP contribution in [0.25, 0.3) is 10.8 Å². The molecule has 0 bridgehead atoms. The first kappa shape index (κ1) is 21.6. The van der Waals surface area contributed by atoms with E-state index in [0.29, 0.717) is 22.1 Å². The van der Waals surface area contributed by atoms with Crippen molar-refractivity contribution in [3.63, 3.8) is 0 Å². The van der Waals surface area contributed by atoms with Gasteiger partial charge in [-0.25, -0.2) is 0 Å². The fourth-order valence-corrected chi connectivity index (χ4v) is 4.01. The number of nitrogens with one attached hydrogen (secondary N) is 1. The zero-order valence-corrected chi connectivity index (χ0v) is 16.9. The molecule has 2 N–H and O–H groups in total. The lowest BCUT2D eigenvalue weighted by atomic mass is 9.76. The molecule has 4 rings (SSSR count). The van der Waals surface area contributed by atoms with Crippen LogP contribution in [0.3, 0.4) is 0 Å². The van der Waals surface area contributed by atoms with Crippen LogP contribution in [-0.4, -0.2) is 17.2 Å². The molecule has 0 aromatic heterocycles. The van der Waals surface area contributed by atoms with E-state index in [2.05, 4.69) is 5.32 Å². The predicted octanol–water partition coefficient (Wildman–Crippen LogP) is 5.50. The molecule has 0 aliphatic carbocycles. The maximum Gasteiger partial charge on any atom is 0.471 e. The van der Waals surface area contributed by atoms with Crippen LogP contribution in [-0.2, 0) is 10.4 Å². The van der Waals surface area contributed by atoms with Crippen LogP contribution in [0.4, 0.5) is 13.2 Å². The first-order valence-corrected chi connectivity index (χ1v) is 10.0. The van der Waals surface area contributed by atoms with Crippen molar-refractivity contribution in [1.29, 1.82) is 0 Å². The molecule has 3 nitrogen and oxygen atoms in total. The lowest BCUT2D eigenvalue weighted by molar-refractivity contribution is -0.176. The van der Waals surface area contributed by atoms with Gasteiger partial charge in [-0.1, -0.05) is 103 Å². The van der Waals surface area contributed by atoms with Gasteiger partial charge in [-0.2, -0.15) is 13.2 Å². The molecule has 0 fully saturated rings. The standard InChI is InChI=1S/C26H20F3NO2/c27-26(28,29)24(31)30-23(22-17-9-11-18-10-7-8-16-21(18)22)25(32,19-12-3-1-4-13-19)20-14-5-2-6-15-20/h1-17,23,32H,(H,30,31). The third-order valence-electron chi connectivity index (χ3n) is 5.51. The molecule has 162 valence electrons. The minimum atomic E-state index is -5.11. The molecular formula is C26H20F3NO2. The Hall–Kier alpha value is -3.64. The highest BCUT2D eigenvalue weighted by molar-refractivity contribution is 5.88. The van der Waals surface area contributed by atoms with Crippen molar-refractivity contribution in [2.24, 2.45) is 0 Å². The smallest absolute Gasteiger partial charge is 0.378 e. The zero-order valence-electron chi connectivity index (χ0n) is 16.9. The number of benzene rings is 4. The Kier molecular flexibility index (Phi) is 5.72. The van der Waals surface area contributed by atoms with Crippen LogP contribution in [0.1, 0.15) is 22.7 Å². The first-order chi connectivity index (χ1) is 15.3. The van der Waals surface area contributed by atoms with E-state index < -0.39 is 23.7 Å². The maximum atomic E-state index is 13.3. The van der Waals surface area contributed by atoms with Crippen molar-refractivity contribution in [3.05, 3.63) is 120 Å². The van der Waals surface area contributed by atoms with Crippen LogP contribution >= 0.6 is 0 Å². The van der Waals surface area contributed by atoms with Gasteiger partial charge in [-0.15, -0.1) is 0 Å². The quantitative estimate of drug-likeness (QED) is 0.435. The molecule has 0 aliphatic rings. The largest absolute Gasteiger partial charge is 0.471 e. The third-order valence-corrected chi connectivity index (χ3v) is 5.51. The SMILES string of the molecule is O=C(NC(c1cccc2ccccc12)C(O)(c1ccccc1)c1ccccc1)C(F)(F)F. The van der Waals surface area contributed by atoms with Gasteiger partial charge >= 0.3 is 12.1 Å². The second-order valence-electron chi connectivity index (χ2n) is 7.47. The van der Waals surface area contributed by atoms with Gasteiger partial charge in [0.2, 0.25) is 0 Å². The molecule has 0 aliphatic heterocycles. The van der Waals surface area contributed by atoms with Crippen LogP contribution in [0, 0.1) is 0 Å². The molecule has 0 saturated heterocycles. The minimum absolute atomic E-state index is 0.353. The van der Waals surface area contributed by atoms with Crippen LogP contribution < -0.4 is 5.32 Å².